The third-order valence-electron chi connectivity index (χ3n) is 9.97. The molecule has 1 atom stereocenters. The van der Waals surface area contributed by atoms with Crippen LogP contribution < -0.4 is 10.3 Å². The summed E-state index contributed by atoms with van der Waals surface area (Å²) in [5.41, 5.74) is 2.38. The number of esters is 1. The number of nitrogens with zero attached hydrogens (tertiary/aromatic N) is 4. The summed E-state index contributed by atoms with van der Waals surface area (Å²) in [7, 11) is -4.64. The Hall–Kier alpha value is -3.65. The number of pyridine rings is 2. The number of aryl methyl sites for hydroxylation is 1. The van der Waals surface area contributed by atoms with E-state index in [9.17, 15) is 19.5 Å². The van der Waals surface area contributed by atoms with Crippen LogP contribution in [0.25, 0.3) is 22.3 Å². The number of likely N-dealkylation sites (tertiary alicyclic amines) is 2. The van der Waals surface area contributed by atoms with Crippen molar-refractivity contribution in [3.63, 3.8) is 0 Å². The average molecular weight is 685 g/mol. The number of piperidine rings is 2. The van der Waals surface area contributed by atoms with Crippen molar-refractivity contribution in [2.24, 2.45) is 0 Å². The van der Waals surface area contributed by atoms with Crippen molar-refractivity contribution in [3.05, 3.63) is 56.9 Å². The Balaban J connectivity index is 0.000000749. The number of ether oxygens (including phenoxy) is 2. The molecule has 258 valence electrons. The predicted octanol–water partition coefficient (Wildman–Crippen LogP) is 3.16. The summed E-state index contributed by atoms with van der Waals surface area (Å²) in [6.07, 6.45) is 6.26. The van der Waals surface area contributed by atoms with Crippen LogP contribution in [0.1, 0.15) is 74.6 Å². The van der Waals surface area contributed by atoms with Gasteiger partial charge in [0, 0.05) is 35.6 Å². The normalized spacial score (nSPS) is 21.1. The number of benzene rings is 1. The minimum absolute atomic E-state index is 0.0951. The number of carbonyl (C=O) groups excluding carboxylic acids is 2. The average Bonchev–Trinajstić information content (AvgIpc) is 3.43. The zero-order valence-electron chi connectivity index (χ0n) is 27.1. The fourth-order valence-electron chi connectivity index (χ4n) is 7.47. The molecule has 0 radical (unpaired) electrons. The highest BCUT2D eigenvalue weighted by Crippen LogP contribution is 2.41. The maximum Gasteiger partial charge on any atom is 0.466 e. The van der Waals surface area contributed by atoms with E-state index in [1.807, 2.05) is 17.0 Å². The van der Waals surface area contributed by atoms with Crippen molar-refractivity contribution in [1.29, 1.82) is 0 Å². The molecule has 4 N–H and O–H groups in total. The van der Waals surface area contributed by atoms with Gasteiger partial charge in [0.15, 0.2) is 5.60 Å². The van der Waals surface area contributed by atoms with E-state index in [1.54, 1.807) is 23.6 Å². The summed E-state index contributed by atoms with van der Waals surface area (Å²) in [4.78, 5) is 70.1. The van der Waals surface area contributed by atoms with Crippen molar-refractivity contribution in [1.82, 2.24) is 19.4 Å². The SMILES string of the molecule is CCc1c2c(nc3ccc(OC(=O)N4CCC(N5CCCCC5)CC4)cc13)-c1cc3c(c(=O)n1C2)COC(=O)[C@]3(O)CC.O=P(O)(O)O. The molecule has 4 aliphatic rings. The van der Waals surface area contributed by atoms with Gasteiger partial charge < -0.3 is 43.6 Å². The molecule has 0 bridgehead atoms. The second kappa shape index (κ2) is 13.3. The van der Waals surface area contributed by atoms with Crippen LogP contribution in [-0.2, 0) is 39.3 Å². The standard InChI is InChI=1S/C33H38N4O6.H3O4P/c1-3-22-23-16-21(43-32(40)36-14-10-20(11-15-36)35-12-6-5-7-13-35)8-9-27(23)34-29-24(22)18-37-28(29)17-26-25(30(37)38)19-42-31(39)33(26,41)4-2;1-5(2,3)4/h8-9,16-17,20,41H,3-7,10-15,18-19H2,1-2H3;(H3,1,2,3,4)/t33-;/m0./s1. The maximum absolute atomic E-state index is 13.6. The van der Waals surface area contributed by atoms with E-state index >= 15 is 0 Å². The number of hydrogen-bond acceptors (Lipinski definition) is 9. The predicted molar refractivity (Wildman–Crippen MR) is 174 cm³/mol. The number of carbonyl (C=O) groups is 2. The zero-order chi connectivity index (χ0) is 34.4. The molecule has 2 saturated heterocycles. The molecule has 48 heavy (non-hydrogen) atoms. The summed E-state index contributed by atoms with van der Waals surface area (Å²) >= 11 is 0. The van der Waals surface area contributed by atoms with Crippen LogP contribution in [0.4, 0.5) is 4.79 Å². The lowest BCUT2D eigenvalue weighted by atomic mass is 9.86. The number of aromatic nitrogens is 2. The molecule has 7 rings (SSSR count). The Labute approximate surface area is 277 Å². The molecule has 0 spiro atoms. The molecule has 2 aromatic heterocycles. The molecule has 2 fully saturated rings. The lowest BCUT2D eigenvalue weighted by Crippen LogP contribution is -2.48. The zero-order valence-corrected chi connectivity index (χ0v) is 27.9. The van der Waals surface area contributed by atoms with E-state index in [4.69, 9.17) is 33.7 Å². The van der Waals surface area contributed by atoms with Gasteiger partial charge in [-0.3, -0.25) is 4.79 Å². The van der Waals surface area contributed by atoms with Crippen molar-refractivity contribution < 1.29 is 43.4 Å². The monoisotopic (exact) mass is 684 g/mol. The smallest absolute Gasteiger partial charge is 0.458 e. The number of fused-ring (bicyclic) bond motifs is 5. The summed E-state index contributed by atoms with van der Waals surface area (Å²) in [5, 5.41) is 12.0. The number of cyclic esters (lactones) is 1. The Morgan fingerprint density at radius 2 is 1.73 bits per heavy atom. The molecule has 0 aliphatic carbocycles. The van der Waals surface area contributed by atoms with Gasteiger partial charge in [-0.1, -0.05) is 20.3 Å². The summed E-state index contributed by atoms with van der Waals surface area (Å²) < 4.78 is 21.6. The highest BCUT2D eigenvalue weighted by Gasteiger charge is 2.45. The van der Waals surface area contributed by atoms with Crippen molar-refractivity contribution in [3.8, 4) is 17.1 Å². The summed E-state index contributed by atoms with van der Waals surface area (Å²) in [5.74, 6) is -0.266. The Kier molecular flexibility index (Phi) is 9.51. The molecule has 14 nitrogen and oxygen atoms in total. The molecule has 0 saturated carbocycles. The van der Waals surface area contributed by atoms with Gasteiger partial charge in [-0.15, -0.1) is 0 Å². The van der Waals surface area contributed by atoms with E-state index in [2.05, 4.69) is 11.8 Å². The van der Waals surface area contributed by atoms with Gasteiger partial charge in [-0.25, -0.2) is 19.1 Å². The quantitative estimate of drug-likeness (QED) is 0.182. The fraction of sp³-hybridized carbons (Fsp3) is 0.515. The van der Waals surface area contributed by atoms with E-state index in [0.29, 0.717) is 60.4 Å². The second-order valence-corrected chi connectivity index (χ2v) is 13.8. The van der Waals surface area contributed by atoms with Gasteiger partial charge in [-0.2, -0.15) is 0 Å². The lowest BCUT2D eigenvalue weighted by Gasteiger charge is -2.39. The molecule has 0 unspecified atom stereocenters. The number of phosphoric acid groups is 1. The molecule has 15 heteroatoms. The lowest BCUT2D eigenvalue weighted by molar-refractivity contribution is -0.172. The third-order valence-corrected chi connectivity index (χ3v) is 9.97. The van der Waals surface area contributed by atoms with Crippen molar-refractivity contribution >= 4 is 30.8 Å². The number of rotatable bonds is 4. The molecular formula is C33H41N4O10P. The first-order valence-corrected chi connectivity index (χ1v) is 18.0. The fourth-order valence-corrected chi connectivity index (χ4v) is 7.47. The van der Waals surface area contributed by atoms with Gasteiger partial charge in [0.1, 0.15) is 12.4 Å². The number of amides is 1. The van der Waals surface area contributed by atoms with Crippen LogP contribution >= 0.6 is 7.82 Å². The van der Waals surface area contributed by atoms with Gasteiger partial charge in [-0.05, 0) is 81.4 Å². The first-order valence-electron chi connectivity index (χ1n) is 16.4. The Bertz CT molecular complexity index is 1850. The van der Waals surface area contributed by atoms with Gasteiger partial charge in [0.05, 0.1) is 29.0 Å². The van der Waals surface area contributed by atoms with E-state index < -0.39 is 19.4 Å². The second-order valence-electron chi connectivity index (χ2n) is 12.7. The van der Waals surface area contributed by atoms with Gasteiger partial charge in [0.2, 0.25) is 0 Å². The van der Waals surface area contributed by atoms with Crippen LogP contribution in [0.5, 0.6) is 5.75 Å². The molecule has 1 amide bonds. The van der Waals surface area contributed by atoms with Crippen LogP contribution in [0, 0.1) is 0 Å². The third kappa shape index (κ3) is 6.52. The maximum atomic E-state index is 13.6. The number of aliphatic hydroxyl groups is 1. The van der Waals surface area contributed by atoms with E-state index in [-0.39, 0.29) is 24.7 Å². The van der Waals surface area contributed by atoms with Crippen LogP contribution in [0.2, 0.25) is 0 Å². The Morgan fingerprint density at radius 1 is 1.04 bits per heavy atom. The summed E-state index contributed by atoms with van der Waals surface area (Å²) in [6.45, 7) is 7.65. The molecule has 3 aromatic rings. The first kappa shape index (κ1) is 34.2. The Morgan fingerprint density at radius 3 is 2.38 bits per heavy atom. The minimum Gasteiger partial charge on any atom is -0.458 e. The van der Waals surface area contributed by atoms with Gasteiger partial charge >= 0.3 is 19.9 Å². The molecular weight excluding hydrogens is 643 g/mol. The van der Waals surface area contributed by atoms with Crippen LogP contribution in [0.15, 0.2) is 29.1 Å². The van der Waals surface area contributed by atoms with E-state index in [1.165, 1.54) is 32.4 Å². The minimum atomic E-state index is -4.64. The first-order chi connectivity index (χ1) is 22.8. The molecule has 6 heterocycles. The van der Waals surface area contributed by atoms with Gasteiger partial charge in [0.25, 0.3) is 5.56 Å². The van der Waals surface area contributed by atoms with E-state index in [0.717, 1.165) is 34.9 Å². The summed E-state index contributed by atoms with van der Waals surface area (Å²) in [6, 6.07) is 7.77. The van der Waals surface area contributed by atoms with Crippen LogP contribution in [0.3, 0.4) is 0 Å². The van der Waals surface area contributed by atoms with Crippen molar-refractivity contribution in [2.45, 2.75) is 83.6 Å². The highest BCUT2D eigenvalue weighted by molar-refractivity contribution is 7.45. The van der Waals surface area contributed by atoms with Crippen molar-refractivity contribution in [2.75, 3.05) is 26.2 Å². The molecule has 4 aliphatic heterocycles. The van der Waals surface area contributed by atoms with Crippen LogP contribution in [-0.4, -0.2) is 83.4 Å². The number of hydrogen-bond donors (Lipinski definition) is 4. The topological polar surface area (TPSA) is 192 Å². The highest BCUT2D eigenvalue weighted by atomic mass is 31.2. The largest absolute Gasteiger partial charge is 0.466 e. The molecule has 1 aromatic carbocycles.